The lowest BCUT2D eigenvalue weighted by Gasteiger charge is -2.09. The minimum Gasteiger partial charge on any atom is -0.438 e. The average Bonchev–Trinajstić information content (AvgIpc) is 2.54. The summed E-state index contributed by atoms with van der Waals surface area (Å²) in [6, 6.07) is 11.2. The molecule has 0 aliphatic heterocycles. The van der Waals surface area contributed by atoms with Crippen LogP contribution in [0.25, 0.3) is 10.8 Å². The molecule has 1 amide bonds. The first kappa shape index (κ1) is 15.3. The van der Waals surface area contributed by atoms with Crippen LogP contribution in [0.1, 0.15) is 5.69 Å². The number of ether oxygens (including phenoxy) is 1. The second-order valence-corrected chi connectivity index (χ2v) is 4.98. The van der Waals surface area contributed by atoms with Gasteiger partial charge in [-0.25, -0.2) is 9.97 Å². The van der Waals surface area contributed by atoms with E-state index in [1.807, 2.05) is 0 Å². The molecular formula is C16H12N4O4. The number of fused-ring (bicyclic) bond motifs is 1. The number of carbonyl (C=O) groups is 1. The number of benzene rings is 2. The Morgan fingerprint density at radius 3 is 2.62 bits per heavy atom. The highest BCUT2D eigenvalue weighted by atomic mass is 16.6. The minimum atomic E-state index is -0.513. The molecule has 2 aromatic carbocycles. The van der Waals surface area contributed by atoms with Crippen molar-refractivity contribution in [3.8, 4) is 11.6 Å². The van der Waals surface area contributed by atoms with Gasteiger partial charge in [0.15, 0.2) is 0 Å². The molecule has 24 heavy (non-hydrogen) atoms. The van der Waals surface area contributed by atoms with Gasteiger partial charge in [0.2, 0.25) is 11.8 Å². The maximum absolute atomic E-state index is 11.1. The predicted molar refractivity (Wildman–Crippen MR) is 85.6 cm³/mol. The Balaban J connectivity index is 2.01. The van der Waals surface area contributed by atoms with Crippen LogP contribution in [0.2, 0.25) is 0 Å². The molecule has 2 N–H and O–H groups in total. The molecule has 0 fully saturated rings. The fourth-order valence-corrected chi connectivity index (χ4v) is 2.32. The van der Waals surface area contributed by atoms with Gasteiger partial charge < -0.3 is 10.5 Å². The Kier molecular flexibility index (Phi) is 4.02. The van der Waals surface area contributed by atoms with Crippen molar-refractivity contribution in [1.82, 2.24) is 9.97 Å². The molecule has 0 atom stereocenters. The van der Waals surface area contributed by atoms with Crippen molar-refractivity contribution in [3.05, 3.63) is 64.6 Å². The summed E-state index contributed by atoms with van der Waals surface area (Å²) >= 11 is 0. The summed E-state index contributed by atoms with van der Waals surface area (Å²) < 4.78 is 5.72. The third-order valence-corrected chi connectivity index (χ3v) is 3.33. The topological polar surface area (TPSA) is 121 Å². The number of carbonyl (C=O) groups excluding carboxylic acids is 1. The van der Waals surface area contributed by atoms with E-state index in [4.69, 9.17) is 10.5 Å². The van der Waals surface area contributed by atoms with Crippen molar-refractivity contribution in [1.29, 1.82) is 0 Å². The van der Waals surface area contributed by atoms with E-state index in [2.05, 4.69) is 9.97 Å². The molecule has 8 nitrogen and oxygen atoms in total. The molecule has 1 aromatic heterocycles. The Hall–Kier alpha value is -3.55. The van der Waals surface area contributed by atoms with Gasteiger partial charge in [-0.3, -0.25) is 14.9 Å². The second kappa shape index (κ2) is 6.29. The van der Waals surface area contributed by atoms with E-state index in [9.17, 15) is 14.9 Å². The summed E-state index contributed by atoms with van der Waals surface area (Å²) in [5.74, 6) is 0.126. The van der Waals surface area contributed by atoms with Crippen molar-refractivity contribution >= 4 is 22.4 Å². The lowest BCUT2D eigenvalue weighted by Crippen LogP contribution is -2.14. The van der Waals surface area contributed by atoms with Gasteiger partial charge in [0.25, 0.3) is 5.69 Å². The van der Waals surface area contributed by atoms with Gasteiger partial charge in [-0.1, -0.05) is 18.2 Å². The molecule has 3 rings (SSSR count). The predicted octanol–water partition coefficient (Wildman–Crippen LogP) is 2.36. The van der Waals surface area contributed by atoms with Gasteiger partial charge >= 0.3 is 0 Å². The Labute approximate surface area is 136 Å². The molecule has 0 radical (unpaired) electrons. The molecule has 120 valence electrons. The molecule has 0 aliphatic carbocycles. The van der Waals surface area contributed by atoms with Crippen LogP contribution >= 0.6 is 0 Å². The van der Waals surface area contributed by atoms with Crippen LogP contribution in [0.3, 0.4) is 0 Å². The second-order valence-electron chi connectivity index (χ2n) is 4.98. The van der Waals surface area contributed by atoms with Gasteiger partial charge in [-0.05, 0) is 12.1 Å². The van der Waals surface area contributed by atoms with Crippen LogP contribution in [0.5, 0.6) is 11.6 Å². The molecule has 3 aromatic rings. The van der Waals surface area contributed by atoms with Crippen molar-refractivity contribution in [2.75, 3.05) is 0 Å². The molecule has 0 aliphatic rings. The normalized spacial score (nSPS) is 10.5. The molecule has 0 spiro atoms. The van der Waals surface area contributed by atoms with Gasteiger partial charge in [0.05, 0.1) is 22.4 Å². The number of nitro benzene ring substituents is 1. The van der Waals surface area contributed by atoms with Crippen LogP contribution in [0.15, 0.2) is 48.8 Å². The van der Waals surface area contributed by atoms with Crippen LogP contribution in [-0.2, 0) is 11.2 Å². The average molecular weight is 324 g/mol. The number of non-ortho nitro benzene ring substituents is 1. The van der Waals surface area contributed by atoms with Crippen LogP contribution < -0.4 is 10.5 Å². The highest BCUT2D eigenvalue weighted by Gasteiger charge is 2.15. The van der Waals surface area contributed by atoms with Gasteiger partial charge in [0.1, 0.15) is 12.1 Å². The monoisotopic (exact) mass is 324 g/mol. The largest absolute Gasteiger partial charge is 0.438 e. The molecule has 0 bridgehead atoms. The van der Waals surface area contributed by atoms with Crippen LogP contribution in [-0.4, -0.2) is 20.8 Å². The van der Waals surface area contributed by atoms with E-state index >= 15 is 0 Å². The van der Waals surface area contributed by atoms with E-state index < -0.39 is 10.8 Å². The van der Waals surface area contributed by atoms with E-state index in [0.717, 1.165) is 0 Å². The number of nitrogens with zero attached hydrogens (tertiary/aromatic N) is 3. The van der Waals surface area contributed by atoms with E-state index in [1.165, 1.54) is 24.5 Å². The molecular weight excluding hydrogens is 312 g/mol. The van der Waals surface area contributed by atoms with Crippen molar-refractivity contribution < 1.29 is 14.5 Å². The van der Waals surface area contributed by atoms with Gasteiger partial charge in [0, 0.05) is 17.5 Å². The van der Waals surface area contributed by atoms with Crippen molar-refractivity contribution in [3.63, 3.8) is 0 Å². The Morgan fingerprint density at radius 2 is 1.92 bits per heavy atom. The fraction of sp³-hybridized carbons (Fsp3) is 0.0625. The molecule has 0 saturated carbocycles. The SMILES string of the molecule is NC(=O)Cc1cc(Oc2ccc([N+](=O)[O-])c3ccccc23)ncn1. The van der Waals surface area contributed by atoms with Gasteiger partial charge in [-0.2, -0.15) is 0 Å². The Morgan fingerprint density at radius 1 is 1.17 bits per heavy atom. The summed E-state index contributed by atoms with van der Waals surface area (Å²) in [6.45, 7) is 0. The number of hydrogen-bond acceptors (Lipinski definition) is 6. The van der Waals surface area contributed by atoms with E-state index in [0.29, 0.717) is 22.2 Å². The summed E-state index contributed by atoms with van der Waals surface area (Å²) in [5, 5.41) is 12.2. The number of hydrogen-bond donors (Lipinski definition) is 1. The molecule has 1 heterocycles. The maximum atomic E-state index is 11.1. The first-order chi connectivity index (χ1) is 11.5. The lowest BCUT2D eigenvalue weighted by molar-refractivity contribution is -0.383. The quantitative estimate of drug-likeness (QED) is 0.568. The number of nitrogens with two attached hydrogens (primary N) is 1. The van der Waals surface area contributed by atoms with Crippen LogP contribution in [0, 0.1) is 10.1 Å². The Bertz CT molecular complexity index is 942. The van der Waals surface area contributed by atoms with E-state index in [1.54, 1.807) is 24.3 Å². The number of aromatic nitrogens is 2. The highest BCUT2D eigenvalue weighted by Crippen LogP contribution is 2.34. The maximum Gasteiger partial charge on any atom is 0.277 e. The molecule has 8 heteroatoms. The van der Waals surface area contributed by atoms with Crippen molar-refractivity contribution in [2.45, 2.75) is 6.42 Å². The van der Waals surface area contributed by atoms with Crippen LogP contribution in [0.4, 0.5) is 5.69 Å². The number of nitro groups is 1. The van der Waals surface area contributed by atoms with Crippen molar-refractivity contribution in [2.24, 2.45) is 5.73 Å². The smallest absolute Gasteiger partial charge is 0.277 e. The third kappa shape index (κ3) is 3.12. The summed E-state index contributed by atoms with van der Waals surface area (Å²) in [7, 11) is 0. The van der Waals surface area contributed by atoms with E-state index in [-0.39, 0.29) is 18.0 Å². The minimum absolute atomic E-state index is 0.00458. The lowest BCUT2D eigenvalue weighted by atomic mass is 10.1. The molecule has 0 saturated heterocycles. The third-order valence-electron chi connectivity index (χ3n) is 3.33. The fourth-order valence-electron chi connectivity index (χ4n) is 2.32. The summed E-state index contributed by atoms with van der Waals surface area (Å²) in [6.07, 6.45) is 1.24. The number of amides is 1. The number of primary amides is 1. The zero-order chi connectivity index (χ0) is 17.1. The summed E-state index contributed by atoms with van der Waals surface area (Å²) in [4.78, 5) is 29.6. The first-order valence-corrected chi connectivity index (χ1v) is 6.98. The van der Waals surface area contributed by atoms with Gasteiger partial charge in [-0.15, -0.1) is 0 Å². The number of rotatable bonds is 5. The molecule has 0 unspecified atom stereocenters. The summed E-state index contributed by atoms with van der Waals surface area (Å²) in [5.41, 5.74) is 5.57. The highest BCUT2D eigenvalue weighted by molar-refractivity contribution is 5.95. The zero-order valence-corrected chi connectivity index (χ0v) is 12.4. The zero-order valence-electron chi connectivity index (χ0n) is 12.4. The first-order valence-electron chi connectivity index (χ1n) is 6.98. The standard InChI is InChI=1S/C16H12N4O4/c17-15(21)7-10-8-16(19-9-18-10)24-14-6-5-13(20(22)23)11-3-1-2-4-12(11)14/h1-6,8-9H,7H2,(H2,17,21).